The minimum atomic E-state index is -0.206. The van der Waals surface area contributed by atoms with E-state index in [-0.39, 0.29) is 5.91 Å². The SMILES string of the molecule is Cc1ccncc1CNC(=O)c1cc(N)cc(N)c1. The number of carbonyl (C=O) groups is 1. The van der Waals surface area contributed by atoms with E-state index in [4.69, 9.17) is 11.5 Å². The first-order valence-corrected chi connectivity index (χ1v) is 5.90. The van der Waals surface area contributed by atoms with Gasteiger partial charge in [-0.2, -0.15) is 0 Å². The van der Waals surface area contributed by atoms with Gasteiger partial charge in [-0.3, -0.25) is 9.78 Å². The summed E-state index contributed by atoms with van der Waals surface area (Å²) >= 11 is 0. The van der Waals surface area contributed by atoms with Crippen LogP contribution in [0.4, 0.5) is 11.4 Å². The first-order chi connectivity index (χ1) is 9.06. The highest BCUT2D eigenvalue weighted by molar-refractivity contribution is 5.96. The van der Waals surface area contributed by atoms with E-state index in [2.05, 4.69) is 10.3 Å². The molecule has 0 spiro atoms. The fourth-order valence-electron chi connectivity index (χ4n) is 1.77. The Balaban J connectivity index is 2.08. The number of aromatic nitrogens is 1. The van der Waals surface area contributed by atoms with E-state index in [1.807, 2.05) is 13.0 Å². The van der Waals surface area contributed by atoms with Crippen molar-refractivity contribution in [3.05, 3.63) is 53.3 Å². The molecule has 2 aromatic rings. The predicted molar refractivity (Wildman–Crippen MR) is 75.4 cm³/mol. The van der Waals surface area contributed by atoms with Gasteiger partial charge >= 0.3 is 0 Å². The maximum absolute atomic E-state index is 12.0. The molecule has 1 aromatic carbocycles. The van der Waals surface area contributed by atoms with Crippen molar-refractivity contribution in [1.82, 2.24) is 10.3 Å². The fraction of sp³-hybridized carbons (Fsp3) is 0.143. The van der Waals surface area contributed by atoms with Crippen molar-refractivity contribution in [2.75, 3.05) is 11.5 Å². The second-order valence-electron chi connectivity index (χ2n) is 4.37. The van der Waals surface area contributed by atoms with Gasteiger partial charge in [0.15, 0.2) is 0 Å². The normalized spacial score (nSPS) is 10.2. The van der Waals surface area contributed by atoms with Crippen molar-refractivity contribution in [3.63, 3.8) is 0 Å². The molecule has 0 saturated carbocycles. The number of carbonyl (C=O) groups excluding carboxylic acids is 1. The van der Waals surface area contributed by atoms with Crippen LogP contribution in [0, 0.1) is 6.92 Å². The Labute approximate surface area is 111 Å². The van der Waals surface area contributed by atoms with Crippen LogP contribution < -0.4 is 16.8 Å². The Morgan fingerprint density at radius 2 is 1.95 bits per heavy atom. The zero-order valence-corrected chi connectivity index (χ0v) is 10.7. The van der Waals surface area contributed by atoms with Crippen LogP contribution in [0.25, 0.3) is 0 Å². The van der Waals surface area contributed by atoms with Crippen LogP contribution in [0.15, 0.2) is 36.7 Å². The lowest BCUT2D eigenvalue weighted by molar-refractivity contribution is 0.0951. The molecule has 0 bridgehead atoms. The largest absolute Gasteiger partial charge is 0.399 e. The van der Waals surface area contributed by atoms with Crippen LogP contribution in [0.3, 0.4) is 0 Å². The van der Waals surface area contributed by atoms with Crippen LogP contribution in [0.5, 0.6) is 0 Å². The number of nitrogens with two attached hydrogens (primary N) is 2. The van der Waals surface area contributed by atoms with Crippen molar-refractivity contribution in [1.29, 1.82) is 0 Å². The molecule has 2 rings (SSSR count). The number of nitrogen functional groups attached to an aromatic ring is 2. The molecule has 1 heterocycles. The van der Waals surface area contributed by atoms with Gasteiger partial charge in [0.25, 0.3) is 5.91 Å². The van der Waals surface area contributed by atoms with E-state index < -0.39 is 0 Å². The summed E-state index contributed by atoms with van der Waals surface area (Å²) < 4.78 is 0. The number of aryl methyl sites for hydroxylation is 1. The Hall–Kier alpha value is -2.56. The molecule has 0 saturated heterocycles. The van der Waals surface area contributed by atoms with Crippen LogP contribution >= 0.6 is 0 Å². The summed E-state index contributed by atoms with van der Waals surface area (Å²) in [5, 5.41) is 2.82. The van der Waals surface area contributed by atoms with Crippen LogP contribution in [0.1, 0.15) is 21.5 Å². The van der Waals surface area contributed by atoms with Gasteiger partial charge in [0.1, 0.15) is 0 Å². The Morgan fingerprint density at radius 3 is 2.58 bits per heavy atom. The second-order valence-corrected chi connectivity index (χ2v) is 4.37. The van der Waals surface area contributed by atoms with Crippen LogP contribution in [-0.4, -0.2) is 10.9 Å². The monoisotopic (exact) mass is 256 g/mol. The van der Waals surface area contributed by atoms with Crippen molar-refractivity contribution in [2.24, 2.45) is 0 Å². The maximum Gasteiger partial charge on any atom is 0.251 e. The molecule has 0 radical (unpaired) electrons. The Morgan fingerprint density at radius 1 is 1.26 bits per heavy atom. The number of nitrogens with zero attached hydrogens (tertiary/aromatic N) is 1. The smallest absolute Gasteiger partial charge is 0.251 e. The zero-order valence-electron chi connectivity index (χ0n) is 10.7. The number of benzene rings is 1. The summed E-state index contributed by atoms with van der Waals surface area (Å²) in [5.41, 5.74) is 14.8. The molecular formula is C14H16N4O. The number of hydrogen-bond donors (Lipinski definition) is 3. The molecule has 0 aliphatic carbocycles. The molecule has 0 aliphatic rings. The van der Waals surface area contributed by atoms with E-state index in [0.29, 0.717) is 23.5 Å². The van der Waals surface area contributed by atoms with Gasteiger partial charge in [-0.05, 0) is 42.3 Å². The molecule has 0 unspecified atom stereocenters. The summed E-state index contributed by atoms with van der Waals surface area (Å²) in [6.45, 7) is 2.40. The topological polar surface area (TPSA) is 94.0 Å². The number of nitrogens with one attached hydrogen (secondary N) is 1. The average Bonchev–Trinajstić information content (AvgIpc) is 2.36. The van der Waals surface area contributed by atoms with Crippen molar-refractivity contribution < 1.29 is 4.79 Å². The maximum atomic E-state index is 12.0. The summed E-state index contributed by atoms with van der Waals surface area (Å²) in [6.07, 6.45) is 3.46. The summed E-state index contributed by atoms with van der Waals surface area (Å²) in [5.74, 6) is -0.206. The van der Waals surface area contributed by atoms with E-state index in [9.17, 15) is 4.79 Å². The number of hydrogen-bond acceptors (Lipinski definition) is 4. The van der Waals surface area contributed by atoms with Crippen LogP contribution in [0.2, 0.25) is 0 Å². The van der Waals surface area contributed by atoms with Gasteiger partial charge in [-0.15, -0.1) is 0 Å². The van der Waals surface area contributed by atoms with Gasteiger partial charge in [-0.1, -0.05) is 0 Å². The molecule has 5 N–H and O–H groups in total. The summed E-state index contributed by atoms with van der Waals surface area (Å²) in [7, 11) is 0. The third-order valence-corrected chi connectivity index (χ3v) is 2.83. The van der Waals surface area contributed by atoms with E-state index in [1.54, 1.807) is 30.6 Å². The molecule has 5 nitrogen and oxygen atoms in total. The second kappa shape index (κ2) is 5.39. The lowest BCUT2D eigenvalue weighted by Crippen LogP contribution is -2.23. The first kappa shape index (κ1) is 12.9. The van der Waals surface area contributed by atoms with Gasteiger partial charge in [0.2, 0.25) is 0 Å². The van der Waals surface area contributed by atoms with E-state index in [1.165, 1.54) is 0 Å². The third-order valence-electron chi connectivity index (χ3n) is 2.83. The number of anilines is 2. The number of rotatable bonds is 3. The molecular weight excluding hydrogens is 240 g/mol. The molecule has 0 fully saturated rings. The molecule has 98 valence electrons. The Kier molecular flexibility index (Phi) is 3.66. The third kappa shape index (κ3) is 3.22. The van der Waals surface area contributed by atoms with Crippen LogP contribution in [-0.2, 0) is 6.54 Å². The molecule has 0 aliphatic heterocycles. The van der Waals surface area contributed by atoms with Gasteiger partial charge in [0, 0.05) is 35.9 Å². The summed E-state index contributed by atoms with van der Waals surface area (Å²) in [6, 6.07) is 6.71. The average molecular weight is 256 g/mol. The quantitative estimate of drug-likeness (QED) is 0.725. The molecule has 1 aromatic heterocycles. The highest BCUT2D eigenvalue weighted by atomic mass is 16.1. The minimum Gasteiger partial charge on any atom is -0.399 e. The zero-order chi connectivity index (χ0) is 13.8. The standard InChI is InChI=1S/C14H16N4O/c1-9-2-3-17-7-11(9)8-18-14(19)10-4-12(15)6-13(16)5-10/h2-7H,8,15-16H2,1H3,(H,18,19). The summed E-state index contributed by atoms with van der Waals surface area (Å²) in [4.78, 5) is 16.0. The van der Waals surface area contributed by atoms with Crippen molar-refractivity contribution >= 4 is 17.3 Å². The lowest BCUT2D eigenvalue weighted by atomic mass is 10.1. The van der Waals surface area contributed by atoms with E-state index in [0.717, 1.165) is 11.1 Å². The lowest BCUT2D eigenvalue weighted by Gasteiger charge is -2.08. The molecule has 19 heavy (non-hydrogen) atoms. The minimum absolute atomic E-state index is 0.206. The van der Waals surface area contributed by atoms with Gasteiger partial charge in [0.05, 0.1) is 0 Å². The highest BCUT2D eigenvalue weighted by Crippen LogP contribution is 2.13. The van der Waals surface area contributed by atoms with Crippen molar-refractivity contribution in [2.45, 2.75) is 13.5 Å². The molecule has 0 atom stereocenters. The molecule has 1 amide bonds. The number of amides is 1. The van der Waals surface area contributed by atoms with Gasteiger partial charge < -0.3 is 16.8 Å². The first-order valence-electron chi connectivity index (χ1n) is 5.90. The fourth-order valence-corrected chi connectivity index (χ4v) is 1.77. The predicted octanol–water partition coefficient (Wildman–Crippen LogP) is 1.48. The van der Waals surface area contributed by atoms with E-state index >= 15 is 0 Å². The highest BCUT2D eigenvalue weighted by Gasteiger charge is 2.07. The number of pyridine rings is 1. The molecule has 5 heteroatoms. The van der Waals surface area contributed by atoms with Gasteiger partial charge in [-0.25, -0.2) is 0 Å². The van der Waals surface area contributed by atoms with Crippen molar-refractivity contribution in [3.8, 4) is 0 Å². The Bertz CT molecular complexity index is 590.